The molecule has 2 heterocycles. The first-order valence-corrected chi connectivity index (χ1v) is 5.47. The lowest BCUT2D eigenvalue weighted by Gasteiger charge is -2.10. The van der Waals surface area contributed by atoms with Crippen LogP contribution in [0.2, 0.25) is 0 Å². The number of hydrogen-bond acceptors (Lipinski definition) is 1. The fourth-order valence-electron chi connectivity index (χ4n) is 1.91. The summed E-state index contributed by atoms with van der Waals surface area (Å²) in [7, 11) is 0. The third-order valence-corrected chi connectivity index (χ3v) is 2.57. The second-order valence-corrected chi connectivity index (χ2v) is 4.12. The molecule has 0 aliphatic heterocycles. The van der Waals surface area contributed by atoms with E-state index in [1.165, 1.54) is 10.5 Å². The molecule has 0 spiro atoms. The van der Waals surface area contributed by atoms with Gasteiger partial charge in [0.1, 0.15) is 5.65 Å². The van der Waals surface area contributed by atoms with Crippen molar-refractivity contribution in [2.24, 2.45) is 0 Å². The first kappa shape index (κ1) is 12.0. The molecule has 2 rings (SSSR count). The molecule has 2 aromatic rings. The van der Waals surface area contributed by atoms with E-state index >= 15 is 0 Å². The van der Waals surface area contributed by atoms with E-state index in [0.717, 1.165) is 6.42 Å². The molecule has 0 amide bonds. The summed E-state index contributed by atoms with van der Waals surface area (Å²) in [5.74, 6) is 0. The quantitative estimate of drug-likeness (QED) is 0.786. The smallest absolute Gasteiger partial charge is 0.306 e. The number of pyridine rings is 1. The Morgan fingerprint density at radius 3 is 2.59 bits per heavy atom. The Kier molecular flexibility index (Phi) is 2.85. The summed E-state index contributed by atoms with van der Waals surface area (Å²) >= 11 is 0. The number of imidazole rings is 1. The van der Waals surface area contributed by atoms with Gasteiger partial charge in [-0.05, 0) is 25.0 Å². The van der Waals surface area contributed by atoms with Crippen LogP contribution in [-0.4, -0.2) is 9.38 Å². The standard InChI is InChI=1S/C12H13F3N2/c1-3-4-9-5-10(12(13,14)15)11-16-8(2)6-17(11)7-9/h5-7H,3-4H2,1-2H3. The van der Waals surface area contributed by atoms with Gasteiger partial charge in [-0.1, -0.05) is 13.3 Å². The molecule has 0 radical (unpaired) electrons. The number of aryl methyl sites for hydroxylation is 2. The summed E-state index contributed by atoms with van der Waals surface area (Å²) in [4.78, 5) is 3.92. The molecular weight excluding hydrogens is 229 g/mol. The summed E-state index contributed by atoms with van der Waals surface area (Å²) in [5, 5.41) is 0. The van der Waals surface area contributed by atoms with Crippen molar-refractivity contribution in [3.05, 3.63) is 35.3 Å². The Morgan fingerprint density at radius 1 is 1.29 bits per heavy atom. The van der Waals surface area contributed by atoms with Gasteiger partial charge in [0.05, 0.1) is 11.3 Å². The molecule has 2 aromatic heterocycles. The number of halogens is 3. The predicted molar refractivity (Wildman–Crippen MR) is 58.9 cm³/mol. The number of alkyl halides is 3. The van der Waals surface area contributed by atoms with E-state index < -0.39 is 11.7 Å². The van der Waals surface area contributed by atoms with Gasteiger partial charge >= 0.3 is 6.18 Å². The van der Waals surface area contributed by atoms with Gasteiger partial charge < -0.3 is 4.40 Å². The zero-order chi connectivity index (χ0) is 12.6. The lowest BCUT2D eigenvalue weighted by molar-refractivity contribution is -0.136. The third-order valence-electron chi connectivity index (χ3n) is 2.57. The van der Waals surface area contributed by atoms with Gasteiger partial charge in [0.15, 0.2) is 0 Å². The fourth-order valence-corrected chi connectivity index (χ4v) is 1.91. The summed E-state index contributed by atoms with van der Waals surface area (Å²) in [6, 6.07) is 1.20. The SMILES string of the molecule is CCCc1cc(C(F)(F)F)c2nc(C)cn2c1. The van der Waals surface area contributed by atoms with Crippen LogP contribution in [0, 0.1) is 6.92 Å². The van der Waals surface area contributed by atoms with Crippen LogP contribution in [0.1, 0.15) is 30.2 Å². The minimum absolute atomic E-state index is 0.0187. The van der Waals surface area contributed by atoms with Gasteiger partial charge in [-0.3, -0.25) is 0 Å². The molecule has 0 bridgehead atoms. The molecule has 5 heteroatoms. The summed E-state index contributed by atoms with van der Waals surface area (Å²) in [5.41, 5.74) is 0.597. The number of aromatic nitrogens is 2. The van der Waals surface area contributed by atoms with Gasteiger partial charge in [0.2, 0.25) is 0 Å². The Morgan fingerprint density at radius 2 is 2.00 bits per heavy atom. The normalized spacial score (nSPS) is 12.3. The van der Waals surface area contributed by atoms with Crippen LogP contribution in [0.3, 0.4) is 0 Å². The maximum Gasteiger partial charge on any atom is 0.419 e. The van der Waals surface area contributed by atoms with E-state index in [-0.39, 0.29) is 5.65 Å². The van der Waals surface area contributed by atoms with E-state index in [0.29, 0.717) is 17.7 Å². The number of nitrogens with zero attached hydrogens (tertiary/aromatic N) is 2. The number of fused-ring (bicyclic) bond motifs is 1. The van der Waals surface area contributed by atoms with Crippen LogP contribution in [-0.2, 0) is 12.6 Å². The highest BCUT2D eigenvalue weighted by molar-refractivity contribution is 5.52. The Balaban J connectivity index is 2.69. The van der Waals surface area contributed by atoms with Crippen LogP contribution in [0.4, 0.5) is 13.2 Å². The maximum atomic E-state index is 12.9. The van der Waals surface area contributed by atoms with Crippen LogP contribution < -0.4 is 0 Å². The molecule has 17 heavy (non-hydrogen) atoms. The van der Waals surface area contributed by atoms with Crippen molar-refractivity contribution in [1.82, 2.24) is 9.38 Å². The van der Waals surface area contributed by atoms with E-state index in [4.69, 9.17) is 0 Å². The lowest BCUT2D eigenvalue weighted by Crippen LogP contribution is -2.09. The molecule has 2 nitrogen and oxygen atoms in total. The molecule has 92 valence electrons. The highest BCUT2D eigenvalue weighted by atomic mass is 19.4. The Hall–Kier alpha value is -1.52. The first-order chi connectivity index (χ1) is 7.91. The molecule has 0 saturated heterocycles. The van der Waals surface area contributed by atoms with Gasteiger partial charge in [-0.15, -0.1) is 0 Å². The zero-order valence-electron chi connectivity index (χ0n) is 9.67. The zero-order valence-corrected chi connectivity index (χ0v) is 9.67. The molecule has 0 N–H and O–H groups in total. The largest absolute Gasteiger partial charge is 0.419 e. The highest BCUT2D eigenvalue weighted by Gasteiger charge is 2.34. The van der Waals surface area contributed by atoms with Crippen molar-refractivity contribution >= 4 is 5.65 Å². The average Bonchev–Trinajstić information content (AvgIpc) is 2.55. The van der Waals surface area contributed by atoms with Crippen molar-refractivity contribution in [2.75, 3.05) is 0 Å². The molecular formula is C12H13F3N2. The lowest BCUT2D eigenvalue weighted by atomic mass is 10.1. The van der Waals surface area contributed by atoms with Crippen LogP contribution in [0.5, 0.6) is 0 Å². The van der Waals surface area contributed by atoms with Gasteiger partial charge in [0.25, 0.3) is 0 Å². The molecule has 0 atom stereocenters. The van der Waals surface area contributed by atoms with Crippen LogP contribution in [0.15, 0.2) is 18.5 Å². The maximum absolute atomic E-state index is 12.9. The van der Waals surface area contributed by atoms with Gasteiger partial charge in [-0.25, -0.2) is 4.98 Å². The van der Waals surface area contributed by atoms with Crippen molar-refractivity contribution in [3.8, 4) is 0 Å². The van der Waals surface area contributed by atoms with Crippen LogP contribution in [0.25, 0.3) is 5.65 Å². The second kappa shape index (κ2) is 4.05. The summed E-state index contributed by atoms with van der Waals surface area (Å²) in [6.07, 6.45) is 0.424. The molecule has 0 aromatic carbocycles. The van der Waals surface area contributed by atoms with Crippen molar-refractivity contribution in [3.63, 3.8) is 0 Å². The molecule has 0 unspecified atom stereocenters. The van der Waals surface area contributed by atoms with Crippen LogP contribution >= 0.6 is 0 Å². The first-order valence-electron chi connectivity index (χ1n) is 5.47. The molecule has 0 aliphatic rings. The number of hydrogen-bond donors (Lipinski definition) is 0. The Bertz CT molecular complexity index is 540. The minimum Gasteiger partial charge on any atom is -0.306 e. The van der Waals surface area contributed by atoms with Gasteiger partial charge in [-0.2, -0.15) is 13.2 Å². The number of rotatable bonds is 2. The van der Waals surface area contributed by atoms with Crippen molar-refractivity contribution in [2.45, 2.75) is 32.9 Å². The van der Waals surface area contributed by atoms with Crippen molar-refractivity contribution in [1.29, 1.82) is 0 Å². The van der Waals surface area contributed by atoms with E-state index in [2.05, 4.69) is 4.98 Å². The van der Waals surface area contributed by atoms with E-state index in [9.17, 15) is 13.2 Å². The second-order valence-electron chi connectivity index (χ2n) is 4.12. The molecule has 0 saturated carbocycles. The van der Waals surface area contributed by atoms with Crippen molar-refractivity contribution < 1.29 is 13.2 Å². The average molecular weight is 242 g/mol. The summed E-state index contributed by atoms with van der Waals surface area (Å²) < 4.78 is 40.1. The summed E-state index contributed by atoms with van der Waals surface area (Å²) in [6.45, 7) is 3.63. The monoisotopic (exact) mass is 242 g/mol. The third kappa shape index (κ3) is 2.28. The topological polar surface area (TPSA) is 17.3 Å². The fraction of sp³-hybridized carbons (Fsp3) is 0.417. The highest BCUT2D eigenvalue weighted by Crippen LogP contribution is 2.33. The van der Waals surface area contributed by atoms with E-state index in [1.54, 1.807) is 19.3 Å². The van der Waals surface area contributed by atoms with E-state index in [1.807, 2.05) is 6.92 Å². The molecule has 0 fully saturated rings. The predicted octanol–water partition coefficient (Wildman–Crippen LogP) is 3.61. The Labute approximate surface area is 97.1 Å². The molecule has 0 aliphatic carbocycles. The minimum atomic E-state index is -4.36. The van der Waals surface area contributed by atoms with Gasteiger partial charge in [0, 0.05) is 12.4 Å².